The summed E-state index contributed by atoms with van der Waals surface area (Å²) in [5.74, 6) is -0.346. The molecule has 0 unspecified atom stereocenters. The smallest absolute Gasteiger partial charge is 0.369 e. The lowest BCUT2D eigenvalue weighted by Gasteiger charge is -2.33. The molecule has 162 valence electrons. The van der Waals surface area contributed by atoms with Gasteiger partial charge in [-0.25, -0.2) is 0 Å². The van der Waals surface area contributed by atoms with Gasteiger partial charge in [0, 0.05) is 30.2 Å². The Morgan fingerprint density at radius 2 is 1.77 bits per heavy atom. The van der Waals surface area contributed by atoms with Crippen molar-refractivity contribution in [2.24, 2.45) is 0 Å². The van der Waals surface area contributed by atoms with Crippen LogP contribution >= 0.6 is 0 Å². The Morgan fingerprint density at radius 1 is 1.07 bits per heavy atom. The molecule has 2 heterocycles. The molecule has 0 fully saturated rings. The molecule has 3 rings (SSSR count). The zero-order valence-electron chi connectivity index (χ0n) is 15.6. The van der Waals surface area contributed by atoms with Gasteiger partial charge in [0.25, 0.3) is 5.60 Å². The van der Waals surface area contributed by atoms with Gasteiger partial charge in [0.1, 0.15) is 0 Å². The van der Waals surface area contributed by atoms with E-state index >= 15 is 0 Å². The maximum atomic E-state index is 13.2. The van der Waals surface area contributed by atoms with Gasteiger partial charge in [0.15, 0.2) is 0 Å². The lowest BCUT2D eigenvalue weighted by Crippen LogP contribution is -2.54. The van der Waals surface area contributed by atoms with Crippen LogP contribution in [0.4, 0.5) is 32.0 Å². The van der Waals surface area contributed by atoms with Crippen LogP contribution < -0.4 is 4.90 Å². The number of aromatic nitrogens is 1. The van der Waals surface area contributed by atoms with Gasteiger partial charge in [-0.15, -0.1) is 0 Å². The fourth-order valence-electron chi connectivity index (χ4n) is 3.50. The number of nitrogens with zero attached hydrogens (tertiary/aromatic N) is 2. The quantitative estimate of drug-likeness (QED) is 0.736. The molecule has 1 amide bonds. The lowest BCUT2D eigenvalue weighted by atomic mass is 9.89. The van der Waals surface area contributed by atoms with Gasteiger partial charge in [-0.05, 0) is 42.5 Å². The summed E-state index contributed by atoms with van der Waals surface area (Å²) in [5, 5.41) is 9.66. The van der Waals surface area contributed by atoms with Crippen LogP contribution in [-0.4, -0.2) is 34.9 Å². The molecule has 10 heteroatoms. The number of amides is 1. The average molecular weight is 432 g/mol. The van der Waals surface area contributed by atoms with Crippen LogP contribution in [0.2, 0.25) is 0 Å². The Morgan fingerprint density at radius 3 is 2.37 bits per heavy atom. The number of fused-ring (bicyclic) bond motifs is 1. The van der Waals surface area contributed by atoms with Crippen LogP contribution in [0.3, 0.4) is 0 Å². The van der Waals surface area contributed by atoms with Gasteiger partial charge in [-0.2, -0.15) is 26.3 Å². The first-order valence-corrected chi connectivity index (χ1v) is 9.13. The van der Waals surface area contributed by atoms with E-state index in [9.17, 15) is 36.2 Å². The highest BCUT2D eigenvalue weighted by atomic mass is 19.4. The standard InChI is InChI=1S/C20H18F6N2O2/c21-19(22,23)18(30,20(24,25)26)15-6-7-16-14(11-15)5-1-2-9-28(16)17(29)10-13-4-3-8-27-12-13/h3-4,6-8,11-12,30H,1-2,5,9-10H2. The Labute approximate surface area is 168 Å². The first-order chi connectivity index (χ1) is 13.9. The van der Waals surface area contributed by atoms with Crippen LogP contribution in [0.1, 0.15) is 29.5 Å². The van der Waals surface area contributed by atoms with E-state index in [1.807, 2.05) is 0 Å². The fourth-order valence-corrected chi connectivity index (χ4v) is 3.50. The van der Waals surface area contributed by atoms with E-state index in [2.05, 4.69) is 4.98 Å². The van der Waals surface area contributed by atoms with Crippen molar-refractivity contribution in [3.63, 3.8) is 0 Å². The molecule has 0 bridgehead atoms. The molecule has 30 heavy (non-hydrogen) atoms. The molecule has 1 aromatic carbocycles. The van der Waals surface area contributed by atoms with Crippen LogP contribution in [0.15, 0.2) is 42.7 Å². The molecule has 1 N–H and O–H groups in total. The van der Waals surface area contributed by atoms with Crippen molar-refractivity contribution in [2.45, 2.75) is 43.6 Å². The van der Waals surface area contributed by atoms with Crippen molar-refractivity contribution < 1.29 is 36.2 Å². The highest BCUT2D eigenvalue weighted by molar-refractivity contribution is 5.95. The monoisotopic (exact) mass is 432 g/mol. The third-order valence-electron chi connectivity index (χ3n) is 5.07. The minimum atomic E-state index is -5.96. The van der Waals surface area contributed by atoms with E-state index in [0.29, 0.717) is 30.5 Å². The summed E-state index contributed by atoms with van der Waals surface area (Å²) in [7, 11) is 0. The summed E-state index contributed by atoms with van der Waals surface area (Å²) in [6.45, 7) is 0.286. The molecule has 0 atom stereocenters. The Balaban J connectivity index is 2.00. The van der Waals surface area contributed by atoms with Crippen molar-refractivity contribution in [1.82, 2.24) is 4.98 Å². The summed E-state index contributed by atoms with van der Waals surface area (Å²) >= 11 is 0. The number of anilines is 1. The summed E-state index contributed by atoms with van der Waals surface area (Å²) in [6.07, 6.45) is -7.68. The molecule has 0 saturated carbocycles. The zero-order valence-corrected chi connectivity index (χ0v) is 15.6. The molecule has 2 aromatic rings. The number of alkyl halides is 6. The van der Waals surface area contributed by atoms with E-state index in [1.165, 1.54) is 11.1 Å². The number of benzene rings is 1. The molecule has 1 aliphatic heterocycles. The summed E-state index contributed by atoms with van der Waals surface area (Å²) < 4.78 is 79.2. The number of rotatable bonds is 3. The largest absolute Gasteiger partial charge is 0.430 e. The van der Waals surface area contributed by atoms with Crippen molar-refractivity contribution >= 4 is 11.6 Å². The van der Waals surface area contributed by atoms with Crippen molar-refractivity contribution in [2.75, 3.05) is 11.4 Å². The van der Waals surface area contributed by atoms with Crippen LogP contribution in [-0.2, 0) is 23.2 Å². The number of hydrogen-bond acceptors (Lipinski definition) is 3. The van der Waals surface area contributed by atoms with E-state index < -0.39 is 23.5 Å². The number of aliphatic hydroxyl groups is 1. The van der Waals surface area contributed by atoms with Crippen LogP contribution in [0.5, 0.6) is 0 Å². The number of halogens is 6. The highest BCUT2D eigenvalue weighted by Gasteiger charge is 2.71. The first kappa shape index (κ1) is 22.1. The summed E-state index contributed by atoms with van der Waals surface area (Å²) in [5.41, 5.74) is -5.28. The Kier molecular flexibility index (Phi) is 5.81. The van der Waals surface area contributed by atoms with Gasteiger partial charge in [0.2, 0.25) is 5.91 Å². The third-order valence-corrected chi connectivity index (χ3v) is 5.07. The molecule has 4 nitrogen and oxygen atoms in total. The van der Waals surface area contributed by atoms with E-state index in [4.69, 9.17) is 0 Å². The maximum Gasteiger partial charge on any atom is 0.430 e. The number of aryl methyl sites for hydroxylation is 1. The van der Waals surface area contributed by atoms with Crippen molar-refractivity contribution in [3.8, 4) is 0 Å². The fraction of sp³-hybridized carbons (Fsp3) is 0.400. The maximum absolute atomic E-state index is 13.2. The second-order valence-electron chi connectivity index (χ2n) is 7.09. The molecular formula is C20H18F6N2O2. The Hall–Kier alpha value is -2.62. The van der Waals surface area contributed by atoms with Crippen LogP contribution in [0, 0.1) is 0 Å². The average Bonchev–Trinajstić information content (AvgIpc) is 2.88. The molecule has 1 aromatic heterocycles. The predicted molar refractivity (Wildman–Crippen MR) is 95.7 cm³/mol. The van der Waals surface area contributed by atoms with Gasteiger partial charge < -0.3 is 10.0 Å². The number of hydrogen-bond donors (Lipinski definition) is 1. The molecule has 0 aliphatic carbocycles. The molecular weight excluding hydrogens is 414 g/mol. The highest BCUT2D eigenvalue weighted by Crippen LogP contribution is 2.50. The van der Waals surface area contributed by atoms with Crippen molar-refractivity contribution in [1.29, 1.82) is 0 Å². The molecule has 1 aliphatic rings. The lowest BCUT2D eigenvalue weighted by molar-refractivity contribution is -0.376. The van der Waals surface area contributed by atoms with Crippen molar-refractivity contribution in [3.05, 3.63) is 59.4 Å². The SMILES string of the molecule is O=C(Cc1cccnc1)N1CCCCc2cc(C(O)(C(F)(F)F)C(F)(F)F)ccc21. The summed E-state index contributed by atoms with van der Waals surface area (Å²) in [4.78, 5) is 18.1. The Bertz CT molecular complexity index is 898. The van der Waals surface area contributed by atoms with E-state index in [1.54, 1.807) is 18.3 Å². The van der Waals surface area contributed by atoms with Gasteiger partial charge >= 0.3 is 12.4 Å². The first-order valence-electron chi connectivity index (χ1n) is 9.13. The third kappa shape index (κ3) is 4.00. The predicted octanol–water partition coefficient (Wildman–Crippen LogP) is 4.31. The molecule has 0 saturated heterocycles. The number of carbonyl (C=O) groups excluding carboxylic acids is 1. The zero-order chi connectivity index (χ0) is 22.2. The minimum Gasteiger partial charge on any atom is -0.369 e. The number of carbonyl (C=O) groups is 1. The van der Waals surface area contributed by atoms with Gasteiger partial charge in [0.05, 0.1) is 6.42 Å². The normalized spacial score (nSPS) is 15.5. The van der Waals surface area contributed by atoms with Gasteiger partial charge in [-0.3, -0.25) is 9.78 Å². The molecule has 0 radical (unpaired) electrons. The topological polar surface area (TPSA) is 53.4 Å². The van der Waals surface area contributed by atoms with Crippen LogP contribution in [0.25, 0.3) is 0 Å². The van der Waals surface area contributed by atoms with Gasteiger partial charge in [-0.1, -0.05) is 18.2 Å². The molecule has 0 spiro atoms. The second kappa shape index (κ2) is 7.90. The summed E-state index contributed by atoms with van der Waals surface area (Å²) in [6, 6.07) is 5.67. The second-order valence-corrected chi connectivity index (χ2v) is 7.09. The minimum absolute atomic E-state index is 0.00985. The van der Waals surface area contributed by atoms with E-state index in [0.717, 1.165) is 6.07 Å². The number of pyridine rings is 1. The van der Waals surface area contributed by atoms with E-state index in [-0.39, 0.29) is 36.5 Å².